The van der Waals surface area contributed by atoms with Crippen molar-refractivity contribution in [2.24, 2.45) is 0 Å². The van der Waals surface area contributed by atoms with Gasteiger partial charge in [0.1, 0.15) is 0 Å². The Morgan fingerprint density at radius 3 is 2.95 bits per heavy atom. The summed E-state index contributed by atoms with van der Waals surface area (Å²) in [5.74, 6) is -0.0362. The van der Waals surface area contributed by atoms with Gasteiger partial charge in [0.25, 0.3) is 0 Å². The molecule has 6 heteroatoms. The van der Waals surface area contributed by atoms with Crippen molar-refractivity contribution in [3.8, 4) is 0 Å². The van der Waals surface area contributed by atoms with Crippen molar-refractivity contribution in [1.29, 1.82) is 0 Å². The summed E-state index contributed by atoms with van der Waals surface area (Å²) in [5, 5.41) is 12.8. The Morgan fingerprint density at radius 2 is 2.19 bits per heavy atom. The van der Waals surface area contributed by atoms with Crippen molar-refractivity contribution in [1.82, 2.24) is 15.5 Å². The Hall–Kier alpha value is -2.34. The van der Waals surface area contributed by atoms with E-state index in [4.69, 9.17) is 4.74 Å². The molecule has 1 aromatic carbocycles. The van der Waals surface area contributed by atoms with E-state index in [1.807, 2.05) is 24.3 Å². The van der Waals surface area contributed by atoms with E-state index < -0.39 is 0 Å². The van der Waals surface area contributed by atoms with Crippen molar-refractivity contribution < 1.29 is 9.53 Å². The molecule has 0 aliphatic carbocycles. The highest BCUT2D eigenvalue weighted by molar-refractivity contribution is 5.78. The van der Waals surface area contributed by atoms with Crippen LogP contribution in [0.25, 0.3) is 0 Å². The van der Waals surface area contributed by atoms with E-state index in [9.17, 15) is 4.79 Å². The summed E-state index contributed by atoms with van der Waals surface area (Å²) in [6, 6.07) is 9.69. The summed E-state index contributed by atoms with van der Waals surface area (Å²) in [6.07, 6.45) is 1.94. The molecule has 0 unspecified atom stereocenters. The van der Waals surface area contributed by atoms with Crippen molar-refractivity contribution in [2.75, 3.05) is 25.6 Å². The van der Waals surface area contributed by atoms with Crippen molar-refractivity contribution in [2.45, 2.75) is 13.0 Å². The van der Waals surface area contributed by atoms with Gasteiger partial charge in [-0.05, 0) is 17.7 Å². The van der Waals surface area contributed by atoms with Gasteiger partial charge in [-0.1, -0.05) is 18.2 Å². The van der Waals surface area contributed by atoms with E-state index in [1.165, 1.54) is 0 Å². The average Bonchev–Trinajstić information content (AvgIpc) is 2.99. The number of benzene rings is 1. The molecule has 21 heavy (non-hydrogen) atoms. The number of hydrogen-bond acceptors (Lipinski definition) is 4. The van der Waals surface area contributed by atoms with Crippen LogP contribution in [-0.2, 0) is 22.5 Å². The molecule has 0 saturated heterocycles. The fraction of sp³-hybridized carbons (Fsp3) is 0.333. The molecule has 0 atom stereocenters. The predicted molar refractivity (Wildman–Crippen MR) is 80.9 cm³/mol. The molecule has 0 fully saturated rings. The topological polar surface area (TPSA) is 79.0 Å². The van der Waals surface area contributed by atoms with Crippen molar-refractivity contribution in [3.05, 3.63) is 47.8 Å². The smallest absolute Gasteiger partial charge is 0.226 e. The minimum absolute atomic E-state index is 0.0362. The molecule has 2 aromatic rings. The molecular weight excluding hydrogens is 268 g/mol. The third-order valence-corrected chi connectivity index (χ3v) is 3.02. The molecule has 0 radical (unpaired) electrons. The number of ether oxygens (including phenoxy) is 1. The third-order valence-electron chi connectivity index (χ3n) is 3.02. The maximum absolute atomic E-state index is 11.9. The summed E-state index contributed by atoms with van der Waals surface area (Å²) in [6.45, 7) is 1.86. The van der Waals surface area contributed by atoms with E-state index in [1.54, 1.807) is 19.4 Å². The van der Waals surface area contributed by atoms with Gasteiger partial charge in [0, 0.05) is 37.8 Å². The van der Waals surface area contributed by atoms with Gasteiger partial charge in [-0.15, -0.1) is 0 Å². The summed E-state index contributed by atoms with van der Waals surface area (Å²) >= 11 is 0. The van der Waals surface area contributed by atoms with Crippen LogP contribution < -0.4 is 10.6 Å². The lowest BCUT2D eigenvalue weighted by Crippen LogP contribution is -2.25. The lowest BCUT2D eigenvalue weighted by molar-refractivity contribution is -0.120. The Kier molecular flexibility index (Phi) is 5.78. The number of methoxy groups -OCH3 is 1. The van der Waals surface area contributed by atoms with E-state index in [2.05, 4.69) is 20.8 Å². The van der Waals surface area contributed by atoms with Gasteiger partial charge in [-0.2, -0.15) is 5.10 Å². The lowest BCUT2D eigenvalue weighted by Gasteiger charge is -2.12. The molecule has 6 nitrogen and oxygen atoms in total. The van der Waals surface area contributed by atoms with Crippen LogP contribution in [0.2, 0.25) is 0 Å². The molecular formula is C15H20N4O2. The lowest BCUT2D eigenvalue weighted by atomic mass is 10.1. The Bertz CT molecular complexity index is 555. The minimum Gasteiger partial charge on any atom is -0.383 e. The molecule has 0 saturated carbocycles. The van der Waals surface area contributed by atoms with Gasteiger partial charge in [0.15, 0.2) is 0 Å². The van der Waals surface area contributed by atoms with Crippen LogP contribution in [0.15, 0.2) is 36.5 Å². The largest absolute Gasteiger partial charge is 0.383 e. The predicted octanol–water partition coefficient (Wildman–Crippen LogP) is 1.33. The van der Waals surface area contributed by atoms with E-state index in [-0.39, 0.29) is 5.91 Å². The summed E-state index contributed by atoms with van der Waals surface area (Å²) in [5.41, 5.74) is 2.86. The Labute approximate surface area is 123 Å². The average molecular weight is 288 g/mol. The first kappa shape index (κ1) is 15.1. The van der Waals surface area contributed by atoms with Gasteiger partial charge in [0.2, 0.25) is 5.91 Å². The molecule has 0 aliphatic rings. The summed E-state index contributed by atoms with van der Waals surface area (Å²) in [7, 11) is 1.67. The summed E-state index contributed by atoms with van der Waals surface area (Å²) in [4.78, 5) is 11.9. The fourth-order valence-electron chi connectivity index (χ4n) is 1.95. The zero-order valence-electron chi connectivity index (χ0n) is 12.1. The van der Waals surface area contributed by atoms with Gasteiger partial charge >= 0.3 is 0 Å². The highest BCUT2D eigenvalue weighted by Gasteiger charge is 2.06. The van der Waals surface area contributed by atoms with Crippen LogP contribution in [0.4, 0.5) is 5.69 Å². The number of nitrogens with zero attached hydrogens (tertiary/aromatic N) is 1. The first-order valence-electron chi connectivity index (χ1n) is 6.85. The highest BCUT2D eigenvalue weighted by atomic mass is 16.5. The van der Waals surface area contributed by atoms with Gasteiger partial charge in [0.05, 0.1) is 13.0 Å². The van der Waals surface area contributed by atoms with Gasteiger partial charge in [-0.25, -0.2) is 0 Å². The zero-order valence-corrected chi connectivity index (χ0v) is 12.1. The first-order chi connectivity index (χ1) is 10.3. The van der Waals surface area contributed by atoms with E-state index in [0.717, 1.165) is 23.5 Å². The maximum atomic E-state index is 11.9. The van der Waals surface area contributed by atoms with Crippen LogP contribution in [0, 0.1) is 0 Å². The number of hydrogen-bond donors (Lipinski definition) is 3. The van der Waals surface area contributed by atoms with E-state index in [0.29, 0.717) is 19.6 Å². The molecule has 1 heterocycles. The molecule has 1 amide bonds. The second-order valence-electron chi connectivity index (χ2n) is 4.61. The van der Waals surface area contributed by atoms with Crippen molar-refractivity contribution >= 4 is 11.6 Å². The molecule has 112 valence electrons. The van der Waals surface area contributed by atoms with Crippen LogP contribution in [0.3, 0.4) is 0 Å². The third kappa shape index (κ3) is 4.92. The molecule has 0 spiro atoms. The van der Waals surface area contributed by atoms with Crippen LogP contribution in [-0.4, -0.2) is 36.4 Å². The summed E-state index contributed by atoms with van der Waals surface area (Å²) < 4.78 is 5.02. The number of aromatic nitrogens is 2. The highest BCUT2D eigenvalue weighted by Crippen LogP contribution is 2.14. The second-order valence-corrected chi connectivity index (χ2v) is 4.61. The quantitative estimate of drug-likeness (QED) is 0.640. The van der Waals surface area contributed by atoms with Crippen molar-refractivity contribution in [3.63, 3.8) is 0 Å². The Morgan fingerprint density at radius 1 is 1.33 bits per heavy atom. The zero-order chi connectivity index (χ0) is 14.9. The number of amides is 1. The Balaban J connectivity index is 1.85. The monoisotopic (exact) mass is 288 g/mol. The molecule has 2 rings (SSSR count). The second kappa shape index (κ2) is 8.06. The standard InChI is InChI=1S/C15H20N4O2/c1-21-9-8-16-14-5-3-2-4-12(14)11-17-15(20)10-13-6-7-18-19-13/h2-7,16H,8-11H2,1H3,(H,17,20)(H,18,19). The molecule has 0 bridgehead atoms. The van der Waals surface area contributed by atoms with Crippen LogP contribution in [0.1, 0.15) is 11.3 Å². The molecule has 3 N–H and O–H groups in total. The number of nitrogens with one attached hydrogen (secondary N) is 3. The van der Waals surface area contributed by atoms with Gasteiger partial charge in [-0.3, -0.25) is 9.89 Å². The van der Waals surface area contributed by atoms with Crippen LogP contribution in [0.5, 0.6) is 0 Å². The normalized spacial score (nSPS) is 10.3. The fourth-order valence-corrected chi connectivity index (χ4v) is 1.95. The first-order valence-corrected chi connectivity index (χ1v) is 6.85. The minimum atomic E-state index is -0.0362. The van der Waals surface area contributed by atoms with E-state index >= 15 is 0 Å². The molecule has 1 aromatic heterocycles. The number of para-hydroxylation sites is 1. The van der Waals surface area contributed by atoms with Gasteiger partial charge < -0.3 is 15.4 Å². The number of aromatic amines is 1. The number of rotatable bonds is 8. The maximum Gasteiger partial charge on any atom is 0.226 e. The number of H-pyrrole nitrogens is 1. The number of carbonyl (C=O) groups is 1. The number of anilines is 1. The number of carbonyl (C=O) groups excluding carboxylic acids is 1. The SMILES string of the molecule is COCCNc1ccccc1CNC(=O)Cc1ccn[nH]1. The van der Waals surface area contributed by atoms with Crippen LogP contribution >= 0.6 is 0 Å². The molecule has 0 aliphatic heterocycles.